The molecule has 1 aromatic heterocycles. The van der Waals surface area contributed by atoms with Crippen LogP contribution in [-0.4, -0.2) is 142 Å². The van der Waals surface area contributed by atoms with Crippen LogP contribution < -0.4 is 22.1 Å². The summed E-state index contributed by atoms with van der Waals surface area (Å²) in [6, 6.07) is 6.02. The lowest BCUT2D eigenvalue weighted by atomic mass is 9.88. The summed E-state index contributed by atoms with van der Waals surface area (Å²) in [5.41, 5.74) is 5.67. The number of carboxylic acid groups (broad SMARTS) is 1. The Hall–Kier alpha value is -3.74. The van der Waals surface area contributed by atoms with E-state index in [0.717, 1.165) is 10.8 Å². The van der Waals surface area contributed by atoms with Crippen molar-refractivity contribution in [3.05, 3.63) is 58.1 Å². The Morgan fingerprint density at radius 3 is 2.42 bits per heavy atom. The number of aliphatic hydroxyl groups excluding tert-OH is 6. The number of ketones is 1. The quantitative estimate of drug-likeness (QED) is 0.0569. The number of hydrogen-bond acceptors (Lipinski definition) is 18. The van der Waals surface area contributed by atoms with Crippen LogP contribution in [0.1, 0.15) is 35.5 Å². The average molecular weight is 762 g/mol. The second-order valence-electron chi connectivity index (χ2n) is 12.0. The van der Waals surface area contributed by atoms with E-state index in [1.165, 1.54) is 13.0 Å². The normalized spacial score (nSPS) is 29.9. The lowest BCUT2D eigenvalue weighted by Crippen LogP contribution is -2.68. The van der Waals surface area contributed by atoms with Gasteiger partial charge in [0.2, 0.25) is 5.91 Å². The summed E-state index contributed by atoms with van der Waals surface area (Å²) < 4.78 is 34.4. The number of rotatable bonds is 16. The molecule has 12 N–H and O–H groups in total. The van der Waals surface area contributed by atoms with E-state index in [2.05, 4.69) is 15.6 Å². The molecule has 1 aromatic carbocycles. The van der Waals surface area contributed by atoms with Gasteiger partial charge in [0.25, 0.3) is 5.79 Å². The van der Waals surface area contributed by atoms with Crippen molar-refractivity contribution in [3.63, 3.8) is 0 Å². The zero-order valence-electron chi connectivity index (χ0n) is 27.4. The van der Waals surface area contributed by atoms with Crippen molar-refractivity contribution >= 4 is 31.3 Å². The summed E-state index contributed by atoms with van der Waals surface area (Å²) in [7, 11) is -5.60. The monoisotopic (exact) mass is 761 g/mol. The van der Waals surface area contributed by atoms with Crippen molar-refractivity contribution in [2.45, 2.75) is 80.7 Å². The molecule has 23 heteroatoms. The summed E-state index contributed by atoms with van der Waals surface area (Å²) in [5, 5.41) is 77.4. The van der Waals surface area contributed by atoms with E-state index < -0.39 is 112 Å². The van der Waals surface area contributed by atoms with Crippen LogP contribution in [0, 0.1) is 0 Å². The zero-order valence-corrected chi connectivity index (χ0v) is 28.3. The van der Waals surface area contributed by atoms with Gasteiger partial charge in [-0.3, -0.25) is 18.7 Å². The van der Waals surface area contributed by atoms with Gasteiger partial charge in [-0.25, -0.2) is 18.7 Å². The van der Waals surface area contributed by atoms with Gasteiger partial charge in [0.05, 0.1) is 31.9 Å². The number of carboxylic acids is 1. The fraction of sp³-hybridized carbons (Fsp3) is 0.552. The molecular formula is C29H40N5O17P. The highest BCUT2D eigenvalue weighted by Crippen LogP contribution is 2.51. The predicted molar refractivity (Wildman–Crippen MR) is 171 cm³/mol. The number of phosphoric ester groups is 1. The molecule has 0 bridgehead atoms. The topological polar surface area (TPSA) is 352 Å². The number of ether oxygens (including phenoxy) is 2. The predicted octanol–water partition coefficient (Wildman–Crippen LogP) is -4.30. The summed E-state index contributed by atoms with van der Waals surface area (Å²) in [5.74, 6) is -6.49. The van der Waals surface area contributed by atoms with Crippen molar-refractivity contribution in [2.24, 2.45) is 0 Å². The highest BCUT2D eigenvalue weighted by Gasteiger charge is 2.59. The largest absolute Gasteiger partial charge is 0.477 e. The van der Waals surface area contributed by atoms with Gasteiger partial charge in [-0.2, -0.15) is 4.98 Å². The second kappa shape index (κ2) is 16.9. The van der Waals surface area contributed by atoms with Crippen LogP contribution in [0.2, 0.25) is 0 Å². The first-order valence-corrected chi connectivity index (χ1v) is 17.1. The molecule has 11 atom stereocenters. The minimum absolute atomic E-state index is 0.136. The number of nitrogens with zero attached hydrogens (tertiary/aromatic N) is 2. The molecule has 1 amide bonds. The lowest BCUT2D eigenvalue weighted by molar-refractivity contribution is -0.289. The lowest BCUT2D eigenvalue weighted by Gasteiger charge is -2.46. The molecule has 2 aromatic rings. The molecule has 288 valence electrons. The summed E-state index contributed by atoms with van der Waals surface area (Å²) in [4.78, 5) is 63.0. The number of hydrogen-bond donors (Lipinski definition) is 11. The number of carbonyl (C=O) groups is 3. The number of carbonyl (C=O) groups excluding carboxylic acids is 2. The van der Waals surface area contributed by atoms with Crippen molar-refractivity contribution in [1.82, 2.24) is 20.2 Å². The van der Waals surface area contributed by atoms with Gasteiger partial charge in [0, 0.05) is 24.7 Å². The van der Waals surface area contributed by atoms with Crippen LogP contribution in [0.4, 0.5) is 5.82 Å². The third-order valence-corrected chi connectivity index (χ3v) is 9.25. The fourth-order valence-electron chi connectivity index (χ4n) is 5.50. The number of benzene rings is 1. The van der Waals surface area contributed by atoms with E-state index in [4.69, 9.17) is 24.3 Å². The standard InChI is InChI=1S/C29H40N5O17P/c1-13(36)15-4-2-14(3-5-15)9-31-10-20(39)33-21-16(37)8-29(27(43)44,50-25(21)22(40)17(38)11-35)51-52(46,47)48-12-18-23(41)24(42)26(49-18)34-7-6-19(30)32-28(34)45/h2-7,16-18,21-26,31,35,37-38,40-42H,8-12H2,1H3,(H,33,39)(H,43,44)(H,46,47)(H2,30,32,45)/t16-,17-,18-,21-,22-,23+,24+,25?,26-,29-/m1/s1. The molecule has 2 unspecified atom stereocenters. The van der Waals surface area contributed by atoms with E-state index in [-0.39, 0.29) is 18.1 Å². The van der Waals surface area contributed by atoms with Crippen molar-refractivity contribution in [1.29, 1.82) is 0 Å². The highest BCUT2D eigenvalue weighted by atomic mass is 31.2. The number of aliphatic hydroxyl groups is 6. The number of aliphatic carboxylic acids is 1. The molecule has 52 heavy (non-hydrogen) atoms. The number of aromatic nitrogens is 2. The third-order valence-electron chi connectivity index (χ3n) is 8.25. The SMILES string of the molecule is CC(=O)c1ccc(CNCC(=O)N[C@H]2C([C@H](O)[C@H](O)CO)O[C@](OP(=O)(O)OC[C@H]3O[C@@H](n4ccc(N)nc4=O)[C@@H](O)[C@H]3O)(C(=O)O)C[C@H]2O)cc1. The molecule has 22 nitrogen and oxygen atoms in total. The first kappa shape index (κ1) is 41.0. The maximum absolute atomic E-state index is 13.1. The highest BCUT2D eigenvalue weighted by molar-refractivity contribution is 7.47. The third kappa shape index (κ3) is 9.62. The van der Waals surface area contributed by atoms with E-state index in [0.29, 0.717) is 11.1 Å². The maximum Gasteiger partial charge on any atom is 0.475 e. The molecule has 0 spiro atoms. The Labute approximate surface area is 294 Å². The van der Waals surface area contributed by atoms with E-state index in [1.807, 2.05) is 0 Å². The first-order chi connectivity index (χ1) is 24.4. The van der Waals surface area contributed by atoms with Crippen LogP contribution in [0.25, 0.3) is 0 Å². The molecular weight excluding hydrogens is 721 g/mol. The number of nitrogens with one attached hydrogen (secondary N) is 2. The molecule has 2 fully saturated rings. The van der Waals surface area contributed by atoms with Crippen molar-refractivity contribution in [3.8, 4) is 0 Å². The molecule has 0 saturated carbocycles. The number of amides is 1. The molecule has 0 aliphatic carbocycles. The van der Waals surface area contributed by atoms with E-state index in [9.17, 15) is 64.4 Å². The second-order valence-corrected chi connectivity index (χ2v) is 13.4. The van der Waals surface area contributed by atoms with Crippen LogP contribution in [0.15, 0.2) is 41.3 Å². The number of anilines is 1. The number of phosphoric acid groups is 1. The van der Waals surface area contributed by atoms with Gasteiger partial charge in [0.1, 0.15) is 42.4 Å². The van der Waals surface area contributed by atoms with Gasteiger partial charge < -0.3 is 66.5 Å². The Kier molecular flexibility index (Phi) is 13.4. The maximum atomic E-state index is 13.1. The van der Waals surface area contributed by atoms with Gasteiger partial charge >= 0.3 is 19.5 Å². The van der Waals surface area contributed by atoms with Crippen LogP contribution in [0.3, 0.4) is 0 Å². The van der Waals surface area contributed by atoms with Crippen molar-refractivity contribution in [2.75, 3.05) is 25.5 Å². The van der Waals surface area contributed by atoms with E-state index in [1.54, 1.807) is 24.3 Å². The van der Waals surface area contributed by atoms with Crippen molar-refractivity contribution < 1.29 is 78.1 Å². The zero-order chi connectivity index (χ0) is 38.5. The molecule has 2 saturated heterocycles. The number of Topliss-reactive ketones (excluding diaryl/α,β-unsaturated/α-hetero) is 1. The number of nitrogens with two attached hydrogens (primary N) is 1. The smallest absolute Gasteiger partial charge is 0.475 e. The Balaban J connectivity index is 1.44. The Bertz CT molecular complexity index is 1700. The first-order valence-electron chi connectivity index (χ1n) is 15.6. The van der Waals surface area contributed by atoms with Crippen LogP contribution in [0.5, 0.6) is 0 Å². The van der Waals surface area contributed by atoms with Gasteiger partial charge in [0.15, 0.2) is 12.0 Å². The molecule has 2 aliphatic rings. The van der Waals surface area contributed by atoms with Crippen LogP contribution >= 0.6 is 7.82 Å². The molecule has 3 heterocycles. The fourth-order valence-corrected chi connectivity index (χ4v) is 6.45. The molecule has 4 rings (SSSR count). The van der Waals surface area contributed by atoms with Gasteiger partial charge in [-0.05, 0) is 18.6 Å². The Morgan fingerprint density at radius 2 is 1.83 bits per heavy atom. The average Bonchev–Trinajstić information content (AvgIpc) is 3.36. The number of nitrogen functional groups attached to an aromatic ring is 1. The molecule has 2 aliphatic heterocycles. The summed E-state index contributed by atoms with van der Waals surface area (Å²) in [6.07, 6.45) is -15.1. The van der Waals surface area contributed by atoms with E-state index >= 15 is 0 Å². The molecule has 0 radical (unpaired) electrons. The minimum Gasteiger partial charge on any atom is -0.477 e. The summed E-state index contributed by atoms with van der Waals surface area (Å²) in [6.45, 7) is -0.968. The summed E-state index contributed by atoms with van der Waals surface area (Å²) >= 11 is 0. The minimum atomic E-state index is -5.60. The van der Waals surface area contributed by atoms with Gasteiger partial charge in [-0.1, -0.05) is 24.3 Å². The van der Waals surface area contributed by atoms with Gasteiger partial charge in [-0.15, -0.1) is 0 Å². The Morgan fingerprint density at radius 1 is 1.15 bits per heavy atom. The van der Waals surface area contributed by atoms with Crippen LogP contribution in [-0.2, 0) is 39.2 Å².